The van der Waals surface area contributed by atoms with E-state index in [9.17, 15) is 8.78 Å². The van der Waals surface area contributed by atoms with E-state index in [4.69, 9.17) is 0 Å². The van der Waals surface area contributed by atoms with Crippen LogP contribution in [-0.2, 0) is 0 Å². The van der Waals surface area contributed by atoms with Crippen LogP contribution in [0.4, 0.5) is 8.78 Å². The first-order valence-corrected chi connectivity index (χ1v) is 5.98. The van der Waals surface area contributed by atoms with Gasteiger partial charge < -0.3 is 0 Å². The molecule has 3 rings (SSSR count). The highest BCUT2D eigenvalue weighted by Crippen LogP contribution is 2.29. The number of aromatic amines is 1. The van der Waals surface area contributed by atoms with Crippen LogP contribution in [0.15, 0.2) is 48.5 Å². The maximum atomic E-state index is 13.0. The summed E-state index contributed by atoms with van der Waals surface area (Å²) in [6, 6.07) is 12.1. The van der Waals surface area contributed by atoms with Gasteiger partial charge in [-0.15, -0.1) is 10.2 Å². The first-order chi connectivity index (χ1) is 9.74. The van der Waals surface area contributed by atoms with Crippen LogP contribution in [0.5, 0.6) is 0 Å². The Morgan fingerprint density at radius 3 is 1.70 bits per heavy atom. The van der Waals surface area contributed by atoms with Crippen LogP contribution in [0.25, 0.3) is 0 Å². The van der Waals surface area contributed by atoms with Gasteiger partial charge in [-0.2, -0.15) is 5.21 Å². The molecule has 0 radical (unpaired) electrons. The Balaban J connectivity index is 2.09. The Hall–Kier alpha value is -2.63. The molecule has 0 saturated carbocycles. The highest BCUT2D eigenvalue weighted by atomic mass is 19.1. The number of nitrogens with zero attached hydrogens (tertiary/aromatic N) is 3. The lowest BCUT2D eigenvalue weighted by molar-refractivity contribution is 0.625. The standard InChI is InChI=1S/C14H10F2N4/c15-11-5-1-9(2-6-11)13(14-17-19-20-18-14)10-3-7-12(16)8-4-10/h1-8,13H,(H,17,18,19,20). The van der Waals surface area contributed by atoms with Gasteiger partial charge in [0.05, 0.1) is 5.92 Å². The third-order valence-corrected chi connectivity index (χ3v) is 3.03. The molecule has 20 heavy (non-hydrogen) atoms. The molecule has 0 aliphatic heterocycles. The normalized spacial score (nSPS) is 10.9. The van der Waals surface area contributed by atoms with Crippen molar-refractivity contribution in [1.29, 1.82) is 0 Å². The van der Waals surface area contributed by atoms with Gasteiger partial charge in [0.25, 0.3) is 0 Å². The van der Waals surface area contributed by atoms with Gasteiger partial charge in [-0.3, -0.25) is 0 Å². The monoisotopic (exact) mass is 272 g/mol. The molecule has 4 nitrogen and oxygen atoms in total. The third-order valence-electron chi connectivity index (χ3n) is 3.03. The van der Waals surface area contributed by atoms with Gasteiger partial charge in [0.2, 0.25) is 0 Å². The van der Waals surface area contributed by atoms with Crippen LogP contribution < -0.4 is 0 Å². The number of benzene rings is 2. The lowest BCUT2D eigenvalue weighted by Crippen LogP contribution is -2.06. The number of hydrogen-bond acceptors (Lipinski definition) is 3. The molecule has 0 bridgehead atoms. The van der Waals surface area contributed by atoms with Crippen molar-refractivity contribution in [3.8, 4) is 0 Å². The van der Waals surface area contributed by atoms with Crippen LogP contribution >= 0.6 is 0 Å². The number of aromatic nitrogens is 4. The molecule has 1 N–H and O–H groups in total. The first-order valence-electron chi connectivity index (χ1n) is 5.98. The average Bonchev–Trinajstić information content (AvgIpc) is 2.97. The van der Waals surface area contributed by atoms with Crippen molar-refractivity contribution in [3.63, 3.8) is 0 Å². The van der Waals surface area contributed by atoms with Crippen molar-refractivity contribution in [1.82, 2.24) is 20.6 Å². The number of nitrogens with one attached hydrogen (secondary N) is 1. The zero-order valence-corrected chi connectivity index (χ0v) is 10.3. The van der Waals surface area contributed by atoms with E-state index in [0.717, 1.165) is 11.1 Å². The topological polar surface area (TPSA) is 54.5 Å². The lowest BCUT2D eigenvalue weighted by Gasteiger charge is -2.14. The van der Waals surface area contributed by atoms with Crippen LogP contribution in [0, 0.1) is 11.6 Å². The molecule has 0 amide bonds. The molecule has 0 fully saturated rings. The molecular formula is C14H10F2N4. The van der Waals surface area contributed by atoms with E-state index in [-0.39, 0.29) is 17.6 Å². The van der Waals surface area contributed by atoms with E-state index in [2.05, 4.69) is 20.6 Å². The first kappa shape index (κ1) is 12.4. The van der Waals surface area contributed by atoms with Gasteiger partial charge in [0.1, 0.15) is 11.6 Å². The smallest absolute Gasteiger partial charge is 0.186 e. The lowest BCUT2D eigenvalue weighted by atomic mass is 9.91. The molecule has 0 aliphatic carbocycles. The largest absolute Gasteiger partial charge is 0.207 e. The van der Waals surface area contributed by atoms with Crippen LogP contribution in [0.3, 0.4) is 0 Å². The Kier molecular flexibility index (Phi) is 3.20. The Morgan fingerprint density at radius 1 is 0.800 bits per heavy atom. The van der Waals surface area contributed by atoms with Crippen molar-refractivity contribution >= 4 is 0 Å². The second-order valence-corrected chi connectivity index (χ2v) is 4.31. The van der Waals surface area contributed by atoms with E-state index in [0.29, 0.717) is 5.82 Å². The molecule has 1 heterocycles. The van der Waals surface area contributed by atoms with Crippen molar-refractivity contribution < 1.29 is 8.78 Å². The molecule has 0 atom stereocenters. The number of halogens is 2. The van der Waals surface area contributed by atoms with Crippen LogP contribution in [0.1, 0.15) is 22.9 Å². The molecule has 2 aromatic carbocycles. The fourth-order valence-electron chi connectivity index (χ4n) is 2.09. The highest BCUT2D eigenvalue weighted by molar-refractivity contribution is 5.37. The van der Waals surface area contributed by atoms with E-state index < -0.39 is 0 Å². The summed E-state index contributed by atoms with van der Waals surface area (Å²) in [5.41, 5.74) is 1.61. The summed E-state index contributed by atoms with van der Waals surface area (Å²) in [5.74, 6) is -0.516. The fourth-order valence-corrected chi connectivity index (χ4v) is 2.09. The maximum Gasteiger partial charge on any atom is 0.186 e. The van der Waals surface area contributed by atoms with Gasteiger partial charge in [0, 0.05) is 0 Å². The summed E-state index contributed by atoms with van der Waals surface area (Å²) in [7, 11) is 0. The zero-order chi connectivity index (χ0) is 13.9. The Bertz CT molecular complexity index is 633. The van der Waals surface area contributed by atoms with E-state index in [1.165, 1.54) is 24.3 Å². The summed E-state index contributed by atoms with van der Waals surface area (Å²) < 4.78 is 26.1. The molecule has 0 unspecified atom stereocenters. The number of H-pyrrole nitrogens is 1. The second-order valence-electron chi connectivity index (χ2n) is 4.31. The second kappa shape index (κ2) is 5.16. The van der Waals surface area contributed by atoms with Gasteiger partial charge >= 0.3 is 0 Å². The van der Waals surface area contributed by atoms with Crippen LogP contribution in [0.2, 0.25) is 0 Å². The quantitative estimate of drug-likeness (QED) is 0.797. The molecule has 1 aromatic heterocycles. The summed E-state index contributed by atoms with van der Waals surface area (Å²) in [5, 5.41) is 13.9. The average molecular weight is 272 g/mol. The molecule has 0 aliphatic rings. The minimum Gasteiger partial charge on any atom is -0.207 e. The Labute approximate surface area is 113 Å². The highest BCUT2D eigenvalue weighted by Gasteiger charge is 2.21. The Morgan fingerprint density at radius 2 is 1.30 bits per heavy atom. The molecule has 0 spiro atoms. The summed E-state index contributed by atoms with van der Waals surface area (Å²) in [6.45, 7) is 0. The van der Waals surface area contributed by atoms with E-state index in [1.54, 1.807) is 24.3 Å². The van der Waals surface area contributed by atoms with E-state index >= 15 is 0 Å². The van der Waals surface area contributed by atoms with Gasteiger partial charge in [-0.1, -0.05) is 29.5 Å². The molecule has 6 heteroatoms. The SMILES string of the molecule is Fc1ccc(C(c2ccc(F)cc2)c2nn[nH]n2)cc1. The fraction of sp³-hybridized carbons (Fsp3) is 0.0714. The number of hydrogen-bond donors (Lipinski definition) is 1. The van der Waals surface area contributed by atoms with Gasteiger partial charge in [-0.25, -0.2) is 8.78 Å². The predicted octanol–water partition coefficient (Wildman–Crippen LogP) is 2.66. The molecule has 3 aromatic rings. The summed E-state index contributed by atoms with van der Waals surface area (Å²) >= 11 is 0. The van der Waals surface area contributed by atoms with Crippen molar-refractivity contribution in [2.24, 2.45) is 0 Å². The molecular weight excluding hydrogens is 262 g/mol. The maximum absolute atomic E-state index is 13.0. The van der Waals surface area contributed by atoms with Crippen molar-refractivity contribution in [2.45, 2.75) is 5.92 Å². The summed E-state index contributed by atoms with van der Waals surface area (Å²) in [4.78, 5) is 0. The predicted molar refractivity (Wildman–Crippen MR) is 67.9 cm³/mol. The minimum absolute atomic E-state index is 0.320. The summed E-state index contributed by atoms with van der Waals surface area (Å²) in [6.07, 6.45) is 0. The zero-order valence-electron chi connectivity index (χ0n) is 10.3. The molecule has 0 saturated heterocycles. The van der Waals surface area contributed by atoms with E-state index in [1.807, 2.05) is 0 Å². The number of tetrazole rings is 1. The minimum atomic E-state index is -0.324. The van der Waals surface area contributed by atoms with Crippen molar-refractivity contribution in [2.75, 3.05) is 0 Å². The molecule has 100 valence electrons. The number of rotatable bonds is 3. The van der Waals surface area contributed by atoms with Gasteiger partial charge in [0.15, 0.2) is 5.82 Å². The van der Waals surface area contributed by atoms with Crippen molar-refractivity contribution in [3.05, 3.63) is 77.1 Å². The van der Waals surface area contributed by atoms with Crippen LogP contribution in [-0.4, -0.2) is 20.6 Å². The van der Waals surface area contributed by atoms with Gasteiger partial charge in [-0.05, 0) is 35.4 Å². The third kappa shape index (κ3) is 2.40.